The largest absolute Gasteiger partial charge is 0.487 e. The third kappa shape index (κ3) is 2.01. The molecule has 0 radical (unpaired) electrons. The number of hydrogen-bond donors (Lipinski definition) is 1. The van der Waals surface area contributed by atoms with Gasteiger partial charge in [-0.3, -0.25) is 4.79 Å². The molecule has 2 rings (SSSR count). The molecule has 0 saturated carbocycles. The third-order valence-corrected chi connectivity index (χ3v) is 2.70. The summed E-state index contributed by atoms with van der Waals surface area (Å²) in [6.07, 6.45) is 1.34. The number of nitrogens with one attached hydrogen (secondary N) is 1. The average molecular weight is 223 g/mol. The predicted octanol–water partition coefficient (Wildman–Crippen LogP) is 2.17. The van der Waals surface area contributed by atoms with Gasteiger partial charge in [0.1, 0.15) is 17.2 Å². The summed E-state index contributed by atoms with van der Waals surface area (Å²) in [5.41, 5.74) is 0.425. The van der Waals surface area contributed by atoms with Crippen molar-refractivity contribution in [2.45, 2.75) is 31.9 Å². The summed E-state index contributed by atoms with van der Waals surface area (Å²) >= 11 is 0. The van der Waals surface area contributed by atoms with E-state index in [9.17, 15) is 9.18 Å². The lowest BCUT2D eigenvalue weighted by atomic mass is 9.90. The molecule has 0 saturated heterocycles. The van der Waals surface area contributed by atoms with Crippen molar-refractivity contribution >= 4 is 6.41 Å². The van der Waals surface area contributed by atoms with Crippen molar-refractivity contribution in [3.8, 4) is 5.75 Å². The van der Waals surface area contributed by atoms with Gasteiger partial charge in [-0.2, -0.15) is 0 Å². The number of carbonyl (C=O) groups is 1. The van der Waals surface area contributed by atoms with Crippen LogP contribution in [0.2, 0.25) is 0 Å². The van der Waals surface area contributed by atoms with E-state index < -0.39 is 5.60 Å². The number of benzene rings is 1. The molecule has 1 heterocycles. The van der Waals surface area contributed by atoms with Gasteiger partial charge in [-0.1, -0.05) is 6.07 Å². The monoisotopic (exact) mass is 223 g/mol. The summed E-state index contributed by atoms with van der Waals surface area (Å²) in [5.74, 6) is 0.178. The maximum atomic E-state index is 13.1. The lowest BCUT2D eigenvalue weighted by Gasteiger charge is -2.37. The zero-order valence-electron chi connectivity index (χ0n) is 9.29. The molecule has 1 unspecified atom stereocenters. The molecule has 0 spiro atoms. The molecular weight excluding hydrogens is 209 g/mol. The van der Waals surface area contributed by atoms with Crippen molar-refractivity contribution in [3.63, 3.8) is 0 Å². The van der Waals surface area contributed by atoms with Crippen LogP contribution in [-0.4, -0.2) is 12.0 Å². The minimum atomic E-state index is -0.401. The number of fused-ring (bicyclic) bond motifs is 1. The molecule has 86 valence electrons. The molecular formula is C12H14FNO2. The quantitative estimate of drug-likeness (QED) is 0.780. The Balaban J connectivity index is 2.42. The van der Waals surface area contributed by atoms with Gasteiger partial charge in [0.05, 0.1) is 6.04 Å². The molecule has 1 aromatic carbocycles. The number of amides is 1. The van der Waals surface area contributed by atoms with Gasteiger partial charge in [-0.15, -0.1) is 0 Å². The molecule has 1 amide bonds. The van der Waals surface area contributed by atoms with Gasteiger partial charge in [0.2, 0.25) is 6.41 Å². The van der Waals surface area contributed by atoms with Crippen LogP contribution in [-0.2, 0) is 4.79 Å². The highest BCUT2D eigenvalue weighted by Gasteiger charge is 2.33. The lowest BCUT2D eigenvalue weighted by molar-refractivity contribution is -0.110. The second kappa shape index (κ2) is 3.77. The summed E-state index contributed by atoms with van der Waals surface area (Å²) in [7, 11) is 0. The normalized spacial score (nSPS) is 21.8. The van der Waals surface area contributed by atoms with E-state index in [4.69, 9.17) is 4.74 Å². The Hall–Kier alpha value is -1.58. The molecule has 1 atom stereocenters. The van der Waals surface area contributed by atoms with Gasteiger partial charge in [0, 0.05) is 18.1 Å². The molecule has 0 aromatic heterocycles. The van der Waals surface area contributed by atoms with Gasteiger partial charge < -0.3 is 10.1 Å². The van der Waals surface area contributed by atoms with Gasteiger partial charge >= 0.3 is 0 Å². The zero-order valence-corrected chi connectivity index (χ0v) is 9.29. The average Bonchev–Trinajstić information content (AvgIpc) is 2.15. The topological polar surface area (TPSA) is 38.3 Å². The number of carbonyl (C=O) groups excluding carboxylic acids is 1. The van der Waals surface area contributed by atoms with Crippen molar-refractivity contribution in [2.24, 2.45) is 0 Å². The first-order valence-corrected chi connectivity index (χ1v) is 5.20. The van der Waals surface area contributed by atoms with Crippen LogP contribution in [0.25, 0.3) is 0 Å². The van der Waals surface area contributed by atoms with Crippen LogP contribution in [0.5, 0.6) is 5.75 Å². The molecule has 16 heavy (non-hydrogen) atoms. The highest BCUT2D eigenvalue weighted by molar-refractivity contribution is 5.50. The van der Waals surface area contributed by atoms with Crippen molar-refractivity contribution in [1.82, 2.24) is 5.32 Å². The van der Waals surface area contributed by atoms with Crippen molar-refractivity contribution in [2.75, 3.05) is 0 Å². The molecule has 1 aliphatic heterocycles. The first-order chi connectivity index (χ1) is 7.52. The van der Waals surface area contributed by atoms with E-state index in [1.165, 1.54) is 12.1 Å². The molecule has 1 aliphatic rings. The Morgan fingerprint density at radius 1 is 1.56 bits per heavy atom. The fourth-order valence-electron chi connectivity index (χ4n) is 2.06. The second-order valence-electron chi connectivity index (χ2n) is 4.59. The lowest BCUT2D eigenvalue weighted by Crippen LogP contribution is -2.39. The van der Waals surface area contributed by atoms with Crippen LogP contribution >= 0.6 is 0 Å². The maximum absolute atomic E-state index is 13.1. The summed E-state index contributed by atoms with van der Waals surface area (Å²) in [4.78, 5) is 10.5. The fourth-order valence-corrected chi connectivity index (χ4v) is 2.06. The second-order valence-corrected chi connectivity index (χ2v) is 4.59. The van der Waals surface area contributed by atoms with Crippen molar-refractivity contribution in [3.05, 3.63) is 29.6 Å². The standard InChI is InChI=1S/C12H14FNO2/c1-12(2)6-10(14-7-15)9-4-3-8(13)5-11(9)16-12/h3-5,7,10H,6H2,1-2H3,(H,14,15). The van der Waals surface area contributed by atoms with E-state index >= 15 is 0 Å². The highest BCUT2D eigenvalue weighted by atomic mass is 19.1. The SMILES string of the molecule is CC1(C)CC(NC=O)c2ccc(F)cc2O1. The Labute approximate surface area is 93.6 Å². The third-order valence-electron chi connectivity index (χ3n) is 2.70. The number of ether oxygens (including phenoxy) is 1. The van der Waals surface area contributed by atoms with Gasteiger partial charge in [-0.25, -0.2) is 4.39 Å². The van der Waals surface area contributed by atoms with E-state index in [1.54, 1.807) is 6.07 Å². The minimum absolute atomic E-state index is 0.114. The van der Waals surface area contributed by atoms with Crippen molar-refractivity contribution in [1.29, 1.82) is 0 Å². The van der Waals surface area contributed by atoms with E-state index in [2.05, 4.69) is 5.32 Å². The van der Waals surface area contributed by atoms with E-state index in [-0.39, 0.29) is 11.9 Å². The molecule has 0 aliphatic carbocycles. The number of hydrogen-bond acceptors (Lipinski definition) is 2. The van der Waals surface area contributed by atoms with Gasteiger partial charge in [0.25, 0.3) is 0 Å². The molecule has 0 fully saturated rings. The smallest absolute Gasteiger partial charge is 0.207 e. The van der Waals surface area contributed by atoms with Crippen LogP contribution in [0.4, 0.5) is 4.39 Å². The Kier molecular flexibility index (Phi) is 2.58. The van der Waals surface area contributed by atoms with Crippen LogP contribution < -0.4 is 10.1 Å². The van der Waals surface area contributed by atoms with E-state index in [1.807, 2.05) is 13.8 Å². The summed E-state index contributed by atoms with van der Waals surface area (Å²) in [6, 6.07) is 4.27. The van der Waals surface area contributed by atoms with Crippen molar-refractivity contribution < 1.29 is 13.9 Å². The van der Waals surface area contributed by atoms with Crippen LogP contribution in [0.1, 0.15) is 31.9 Å². The minimum Gasteiger partial charge on any atom is -0.487 e. The molecule has 1 N–H and O–H groups in total. The maximum Gasteiger partial charge on any atom is 0.207 e. The number of rotatable bonds is 2. The van der Waals surface area contributed by atoms with E-state index in [0.29, 0.717) is 18.6 Å². The van der Waals surface area contributed by atoms with Gasteiger partial charge in [-0.05, 0) is 19.9 Å². The van der Waals surface area contributed by atoms with Crippen LogP contribution in [0, 0.1) is 5.82 Å². The van der Waals surface area contributed by atoms with Crippen LogP contribution in [0.3, 0.4) is 0 Å². The molecule has 3 nitrogen and oxygen atoms in total. The molecule has 0 bridgehead atoms. The fraction of sp³-hybridized carbons (Fsp3) is 0.417. The number of halogens is 1. The summed E-state index contributed by atoms with van der Waals surface area (Å²) in [6.45, 7) is 3.83. The Bertz CT molecular complexity index is 417. The summed E-state index contributed by atoms with van der Waals surface area (Å²) in [5, 5.41) is 2.73. The molecule has 4 heteroatoms. The zero-order chi connectivity index (χ0) is 11.8. The summed E-state index contributed by atoms with van der Waals surface area (Å²) < 4.78 is 18.8. The Morgan fingerprint density at radius 2 is 2.31 bits per heavy atom. The predicted molar refractivity (Wildman–Crippen MR) is 57.7 cm³/mol. The Morgan fingerprint density at radius 3 is 3.00 bits per heavy atom. The highest BCUT2D eigenvalue weighted by Crippen LogP contribution is 2.39. The van der Waals surface area contributed by atoms with Gasteiger partial charge in [0.15, 0.2) is 0 Å². The van der Waals surface area contributed by atoms with Crippen LogP contribution in [0.15, 0.2) is 18.2 Å². The first-order valence-electron chi connectivity index (χ1n) is 5.20. The first kappa shape index (κ1) is 10.9. The van der Waals surface area contributed by atoms with E-state index in [0.717, 1.165) is 5.56 Å². The molecule has 1 aromatic rings.